The molecular formula is C24H22F4N4O3. The van der Waals surface area contributed by atoms with E-state index >= 15 is 0 Å². The van der Waals surface area contributed by atoms with E-state index in [0.717, 1.165) is 12.1 Å². The van der Waals surface area contributed by atoms with E-state index in [2.05, 4.69) is 15.3 Å². The maximum absolute atomic E-state index is 14.6. The number of ether oxygens (including phenoxy) is 1. The van der Waals surface area contributed by atoms with Crippen molar-refractivity contribution in [3.8, 4) is 11.5 Å². The van der Waals surface area contributed by atoms with Gasteiger partial charge in [-0.2, -0.15) is 0 Å². The smallest absolute Gasteiger partial charge is 0.257 e. The van der Waals surface area contributed by atoms with Gasteiger partial charge in [0.15, 0.2) is 11.6 Å². The maximum Gasteiger partial charge on any atom is 0.257 e. The molecule has 35 heavy (non-hydrogen) atoms. The van der Waals surface area contributed by atoms with Crippen LogP contribution in [0, 0.1) is 11.6 Å². The predicted octanol–water partition coefficient (Wildman–Crippen LogP) is 4.29. The maximum atomic E-state index is 14.6. The van der Waals surface area contributed by atoms with Gasteiger partial charge in [-0.15, -0.1) is 0 Å². The van der Waals surface area contributed by atoms with E-state index in [1.54, 1.807) is 11.8 Å². The van der Waals surface area contributed by atoms with Crippen molar-refractivity contribution >= 4 is 11.7 Å². The normalized spacial score (nSPS) is 18.6. The summed E-state index contributed by atoms with van der Waals surface area (Å²) in [7, 11) is 0. The van der Waals surface area contributed by atoms with Crippen LogP contribution in [0.3, 0.4) is 0 Å². The summed E-state index contributed by atoms with van der Waals surface area (Å²) < 4.78 is 61.3. The van der Waals surface area contributed by atoms with Crippen LogP contribution in [0.4, 0.5) is 23.4 Å². The van der Waals surface area contributed by atoms with Crippen molar-refractivity contribution in [1.82, 2.24) is 14.9 Å². The summed E-state index contributed by atoms with van der Waals surface area (Å²) in [6, 6.07) is 7.61. The first-order valence-electron chi connectivity index (χ1n) is 10.8. The van der Waals surface area contributed by atoms with E-state index in [-0.39, 0.29) is 36.0 Å². The second-order valence-corrected chi connectivity index (χ2v) is 8.27. The molecule has 1 amide bonds. The molecular weight excluding hydrogens is 468 g/mol. The number of carbonyl (C=O) groups is 1. The molecule has 4 rings (SSSR count). The number of halogens is 4. The Bertz CT molecular complexity index is 1250. The van der Waals surface area contributed by atoms with Gasteiger partial charge in [-0.05, 0) is 36.8 Å². The molecule has 1 fully saturated rings. The minimum absolute atomic E-state index is 0.0187. The average molecular weight is 490 g/mol. The molecule has 1 aromatic carbocycles. The number of pyridine rings is 2. The number of likely N-dealkylation sites (tertiary alicyclic amines) is 1. The number of nitrogens with one attached hydrogen (secondary N) is 2. The van der Waals surface area contributed by atoms with E-state index in [9.17, 15) is 27.2 Å². The molecule has 2 aromatic heterocycles. The second-order valence-electron chi connectivity index (χ2n) is 8.27. The molecule has 1 aliphatic heterocycles. The standard InChI is InChI=1S/C24H22F4N4O3/c1-14(32-9-8-24(27,28)18(13-32)15-2-7-22(33)30-11-15)23(34)31-21-6-4-17(12-29-21)35-20-5-3-16(25)10-19(20)26/h2-7,10-12,14,18H,8-9,13H2,1H3,(H,30,33)(H,29,31,34)/t14?,18-/m1/s1. The third-order valence-electron chi connectivity index (χ3n) is 5.91. The Morgan fingerprint density at radius 2 is 2.03 bits per heavy atom. The molecule has 2 N–H and O–H groups in total. The highest BCUT2D eigenvalue weighted by Crippen LogP contribution is 2.40. The number of piperidine rings is 1. The molecule has 2 atom stereocenters. The van der Waals surface area contributed by atoms with Gasteiger partial charge in [0.2, 0.25) is 11.5 Å². The van der Waals surface area contributed by atoms with Gasteiger partial charge >= 0.3 is 0 Å². The van der Waals surface area contributed by atoms with Gasteiger partial charge in [0, 0.05) is 37.8 Å². The van der Waals surface area contributed by atoms with Gasteiger partial charge in [-0.3, -0.25) is 14.5 Å². The predicted molar refractivity (Wildman–Crippen MR) is 120 cm³/mol. The SMILES string of the molecule is CC(C(=O)Nc1ccc(Oc2ccc(F)cc2F)cn1)N1CCC(F)(F)[C@@H](c2ccc(=O)[nH]c2)C1. The summed E-state index contributed by atoms with van der Waals surface area (Å²) in [6.45, 7) is 1.56. The van der Waals surface area contributed by atoms with Crippen LogP contribution in [0.1, 0.15) is 24.8 Å². The average Bonchev–Trinajstić information content (AvgIpc) is 2.82. The van der Waals surface area contributed by atoms with Crippen LogP contribution >= 0.6 is 0 Å². The number of aromatic nitrogens is 2. The summed E-state index contributed by atoms with van der Waals surface area (Å²) in [5.74, 6) is -6.03. The molecule has 0 radical (unpaired) electrons. The highest BCUT2D eigenvalue weighted by atomic mass is 19.3. The van der Waals surface area contributed by atoms with Crippen molar-refractivity contribution in [3.05, 3.63) is 82.4 Å². The van der Waals surface area contributed by atoms with Crippen molar-refractivity contribution in [1.29, 1.82) is 0 Å². The number of aromatic amines is 1. The third-order valence-corrected chi connectivity index (χ3v) is 5.91. The van der Waals surface area contributed by atoms with E-state index in [1.807, 2.05) is 0 Å². The molecule has 3 heterocycles. The lowest BCUT2D eigenvalue weighted by atomic mass is 9.87. The Morgan fingerprint density at radius 3 is 2.69 bits per heavy atom. The number of carbonyl (C=O) groups excluding carboxylic acids is 1. The third kappa shape index (κ3) is 5.68. The van der Waals surface area contributed by atoms with Crippen molar-refractivity contribution in [2.24, 2.45) is 0 Å². The van der Waals surface area contributed by atoms with Gasteiger partial charge in [0.25, 0.3) is 5.92 Å². The van der Waals surface area contributed by atoms with E-state index in [0.29, 0.717) is 11.6 Å². The second kappa shape index (κ2) is 9.87. The van der Waals surface area contributed by atoms with Gasteiger partial charge in [-0.1, -0.05) is 6.07 Å². The van der Waals surface area contributed by atoms with Crippen LogP contribution in [0.2, 0.25) is 0 Å². The first-order valence-corrected chi connectivity index (χ1v) is 10.8. The number of hydrogen-bond donors (Lipinski definition) is 2. The molecule has 0 saturated carbocycles. The molecule has 7 nitrogen and oxygen atoms in total. The number of H-pyrrole nitrogens is 1. The summed E-state index contributed by atoms with van der Waals surface area (Å²) >= 11 is 0. The monoisotopic (exact) mass is 490 g/mol. The Labute approximate surface area is 197 Å². The van der Waals surface area contributed by atoms with Crippen molar-refractivity contribution in [2.75, 3.05) is 18.4 Å². The fourth-order valence-electron chi connectivity index (χ4n) is 3.86. The number of amides is 1. The van der Waals surface area contributed by atoms with Gasteiger partial charge in [0.1, 0.15) is 17.4 Å². The fourth-order valence-corrected chi connectivity index (χ4v) is 3.86. The number of rotatable bonds is 6. The zero-order valence-corrected chi connectivity index (χ0v) is 18.6. The van der Waals surface area contributed by atoms with Crippen molar-refractivity contribution in [3.63, 3.8) is 0 Å². The molecule has 1 aliphatic rings. The fraction of sp³-hybridized carbons (Fsp3) is 0.292. The molecule has 0 bridgehead atoms. The summed E-state index contributed by atoms with van der Waals surface area (Å²) in [4.78, 5) is 32.2. The Kier molecular flexibility index (Phi) is 6.88. The van der Waals surface area contributed by atoms with Crippen LogP contribution in [0.15, 0.2) is 59.7 Å². The van der Waals surface area contributed by atoms with E-state index in [1.165, 1.54) is 36.7 Å². The molecule has 11 heteroatoms. The highest BCUT2D eigenvalue weighted by Gasteiger charge is 2.46. The molecule has 0 spiro atoms. The van der Waals surface area contributed by atoms with E-state index in [4.69, 9.17) is 4.74 Å². The van der Waals surface area contributed by atoms with Crippen LogP contribution in [0.5, 0.6) is 11.5 Å². The molecule has 3 aromatic rings. The summed E-state index contributed by atoms with van der Waals surface area (Å²) in [5.41, 5.74) is -0.0917. The van der Waals surface area contributed by atoms with Gasteiger partial charge in [0.05, 0.1) is 18.2 Å². The summed E-state index contributed by atoms with van der Waals surface area (Å²) in [5, 5.41) is 2.63. The van der Waals surface area contributed by atoms with Crippen molar-refractivity contribution < 1.29 is 27.1 Å². The molecule has 1 saturated heterocycles. The topological polar surface area (TPSA) is 87.3 Å². The minimum atomic E-state index is -2.98. The van der Waals surface area contributed by atoms with Gasteiger partial charge < -0.3 is 15.0 Å². The first-order chi connectivity index (χ1) is 16.6. The minimum Gasteiger partial charge on any atom is -0.453 e. The number of benzene rings is 1. The largest absolute Gasteiger partial charge is 0.453 e. The van der Waals surface area contributed by atoms with Crippen LogP contribution in [0.25, 0.3) is 0 Å². The Morgan fingerprint density at radius 1 is 1.23 bits per heavy atom. The first kappa shape index (κ1) is 24.4. The van der Waals surface area contributed by atoms with Crippen LogP contribution < -0.4 is 15.6 Å². The van der Waals surface area contributed by atoms with E-state index < -0.39 is 41.8 Å². The Balaban J connectivity index is 1.39. The quantitative estimate of drug-likeness (QED) is 0.504. The molecule has 184 valence electrons. The molecule has 1 unspecified atom stereocenters. The van der Waals surface area contributed by atoms with Crippen LogP contribution in [-0.4, -0.2) is 45.8 Å². The van der Waals surface area contributed by atoms with Crippen molar-refractivity contribution in [2.45, 2.75) is 31.2 Å². The number of nitrogens with zero attached hydrogens (tertiary/aromatic N) is 2. The molecule has 0 aliphatic carbocycles. The highest BCUT2D eigenvalue weighted by molar-refractivity contribution is 5.93. The lowest BCUT2D eigenvalue weighted by molar-refractivity contribution is -0.125. The number of anilines is 1. The zero-order chi connectivity index (χ0) is 25.2. The lowest BCUT2D eigenvalue weighted by Crippen LogP contribution is -2.52. The van der Waals surface area contributed by atoms with Crippen LogP contribution in [-0.2, 0) is 4.79 Å². The number of hydrogen-bond acceptors (Lipinski definition) is 5. The summed E-state index contributed by atoms with van der Waals surface area (Å²) in [6.07, 6.45) is 2.11. The lowest BCUT2D eigenvalue weighted by Gasteiger charge is -2.40. The number of alkyl halides is 2. The Hall–Kier alpha value is -3.73. The zero-order valence-electron chi connectivity index (χ0n) is 18.6. The van der Waals surface area contributed by atoms with Gasteiger partial charge in [-0.25, -0.2) is 22.5 Å².